The van der Waals surface area contributed by atoms with Gasteiger partial charge in [0.1, 0.15) is 0 Å². The molecule has 0 fully saturated rings. The Hall–Kier alpha value is -0.850. The quantitative estimate of drug-likeness (QED) is 0.660. The second kappa shape index (κ2) is 3.72. The molecule has 0 N–H and O–H groups in total. The van der Waals surface area contributed by atoms with Gasteiger partial charge in [-0.15, -0.1) is 0 Å². The molecule has 0 spiro atoms. The molecule has 76 valence electrons. The Morgan fingerprint density at radius 3 is 2.64 bits per heavy atom. The summed E-state index contributed by atoms with van der Waals surface area (Å²) in [4.78, 5) is 4.81. The minimum Gasteiger partial charge on any atom is -0.257 e. The van der Waals surface area contributed by atoms with Crippen LogP contribution in [-0.4, -0.2) is 4.98 Å². The molecule has 0 saturated heterocycles. The van der Waals surface area contributed by atoms with E-state index in [1.165, 1.54) is 48.2 Å². The van der Waals surface area contributed by atoms with Gasteiger partial charge in [0, 0.05) is 11.4 Å². The highest BCUT2D eigenvalue weighted by Gasteiger charge is 2.14. The van der Waals surface area contributed by atoms with E-state index >= 15 is 0 Å². The summed E-state index contributed by atoms with van der Waals surface area (Å²) >= 11 is 0. The van der Waals surface area contributed by atoms with Crippen LogP contribution in [0, 0.1) is 6.92 Å². The van der Waals surface area contributed by atoms with Crippen molar-refractivity contribution in [2.75, 3.05) is 0 Å². The average Bonchev–Trinajstić information content (AvgIpc) is 2.16. The predicted molar refractivity (Wildman–Crippen MR) is 59.7 cm³/mol. The number of aromatic nitrogens is 1. The first-order valence-corrected chi connectivity index (χ1v) is 5.68. The van der Waals surface area contributed by atoms with E-state index in [1.807, 2.05) is 0 Å². The Morgan fingerprint density at radius 2 is 1.93 bits per heavy atom. The summed E-state index contributed by atoms with van der Waals surface area (Å²) in [5.74, 6) is 0.558. The average molecular weight is 189 g/mol. The summed E-state index contributed by atoms with van der Waals surface area (Å²) in [5.41, 5.74) is 5.54. The number of rotatable bonds is 1. The van der Waals surface area contributed by atoms with E-state index in [4.69, 9.17) is 4.98 Å². The van der Waals surface area contributed by atoms with E-state index in [-0.39, 0.29) is 0 Å². The lowest BCUT2D eigenvalue weighted by molar-refractivity contribution is 0.655. The molecule has 1 aromatic rings. The maximum atomic E-state index is 4.81. The number of aryl methyl sites for hydroxylation is 3. The summed E-state index contributed by atoms with van der Waals surface area (Å²) in [6.45, 7) is 6.65. The Kier molecular flexibility index (Phi) is 2.58. The van der Waals surface area contributed by atoms with Crippen molar-refractivity contribution in [1.29, 1.82) is 0 Å². The smallest absolute Gasteiger partial charge is 0.0461 e. The second-order valence-corrected chi connectivity index (χ2v) is 4.66. The molecule has 1 heteroatoms. The minimum absolute atomic E-state index is 0.558. The number of nitrogens with zero attached hydrogens (tertiary/aromatic N) is 1. The third-order valence-corrected chi connectivity index (χ3v) is 3.08. The molecule has 0 unspecified atom stereocenters. The van der Waals surface area contributed by atoms with Gasteiger partial charge in [-0.2, -0.15) is 0 Å². The van der Waals surface area contributed by atoms with Crippen LogP contribution in [0.15, 0.2) is 6.07 Å². The van der Waals surface area contributed by atoms with Crippen molar-refractivity contribution in [1.82, 2.24) is 4.98 Å². The topological polar surface area (TPSA) is 12.9 Å². The minimum atomic E-state index is 0.558. The van der Waals surface area contributed by atoms with Gasteiger partial charge in [0.05, 0.1) is 0 Å². The zero-order chi connectivity index (χ0) is 10.1. The van der Waals surface area contributed by atoms with Crippen molar-refractivity contribution in [2.24, 2.45) is 0 Å². The van der Waals surface area contributed by atoms with Crippen LogP contribution in [0.2, 0.25) is 0 Å². The molecule has 1 aromatic heterocycles. The third kappa shape index (κ3) is 1.68. The Bertz CT molecular complexity index is 339. The normalized spacial score (nSPS) is 15.7. The van der Waals surface area contributed by atoms with Gasteiger partial charge < -0.3 is 0 Å². The molecule has 0 aliphatic heterocycles. The van der Waals surface area contributed by atoms with Gasteiger partial charge in [0.25, 0.3) is 0 Å². The maximum Gasteiger partial charge on any atom is 0.0461 e. The Balaban J connectivity index is 2.45. The Labute approximate surface area is 86.6 Å². The molecule has 0 aromatic carbocycles. The molecule has 1 heterocycles. The maximum absolute atomic E-state index is 4.81. The molecule has 0 amide bonds. The molecule has 1 aliphatic rings. The predicted octanol–water partition coefficient (Wildman–Crippen LogP) is 3.39. The van der Waals surface area contributed by atoms with E-state index in [0.717, 1.165) is 0 Å². The lowest BCUT2D eigenvalue weighted by Crippen LogP contribution is -2.09. The van der Waals surface area contributed by atoms with Gasteiger partial charge >= 0.3 is 0 Å². The van der Waals surface area contributed by atoms with Crippen LogP contribution in [0.5, 0.6) is 0 Å². The molecular formula is C13H19N. The molecule has 14 heavy (non-hydrogen) atoms. The summed E-state index contributed by atoms with van der Waals surface area (Å²) in [6, 6.07) is 2.36. The first-order valence-electron chi connectivity index (χ1n) is 5.68. The van der Waals surface area contributed by atoms with Gasteiger partial charge in [-0.3, -0.25) is 4.98 Å². The molecule has 1 nitrogen and oxygen atoms in total. The monoisotopic (exact) mass is 189 g/mol. The van der Waals surface area contributed by atoms with E-state index in [1.54, 1.807) is 0 Å². The highest BCUT2D eigenvalue weighted by molar-refractivity contribution is 5.32. The molecule has 2 rings (SSSR count). The zero-order valence-corrected chi connectivity index (χ0v) is 9.43. The number of fused-ring (bicyclic) bond motifs is 1. The van der Waals surface area contributed by atoms with Gasteiger partial charge in [0.2, 0.25) is 0 Å². The van der Waals surface area contributed by atoms with Crippen LogP contribution < -0.4 is 0 Å². The van der Waals surface area contributed by atoms with E-state index in [0.29, 0.717) is 5.92 Å². The van der Waals surface area contributed by atoms with Crippen molar-refractivity contribution in [2.45, 2.75) is 52.4 Å². The van der Waals surface area contributed by atoms with Crippen molar-refractivity contribution in [3.05, 3.63) is 28.6 Å². The second-order valence-electron chi connectivity index (χ2n) is 4.66. The van der Waals surface area contributed by atoms with Gasteiger partial charge in [-0.25, -0.2) is 0 Å². The SMILES string of the molecule is Cc1cc2c(nc1C(C)C)CCCC2. The van der Waals surface area contributed by atoms with Gasteiger partial charge in [-0.1, -0.05) is 19.9 Å². The summed E-state index contributed by atoms with van der Waals surface area (Å²) in [5, 5.41) is 0. The molecule has 0 bridgehead atoms. The summed E-state index contributed by atoms with van der Waals surface area (Å²) < 4.78 is 0. The molecule has 0 radical (unpaired) electrons. The van der Waals surface area contributed by atoms with Crippen LogP contribution in [-0.2, 0) is 12.8 Å². The highest BCUT2D eigenvalue weighted by atomic mass is 14.7. The molecular weight excluding hydrogens is 170 g/mol. The van der Waals surface area contributed by atoms with Crippen LogP contribution >= 0.6 is 0 Å². The molecule has 0 atom stereocenters. The van der Waals surface area contributed by atoms with Crippen molar-refractivity contribution < 1.29 is 0 Å². The number of pyridine rings is 1. The number of hydrogen-bond donors (Lipinski definition) is 0. The van der Waals surface area contributed by atoms with Crippen molar-refractivity contribution >= 4 is 0 Å². The van der Waals surface area contributed by atoms with E-state index < -0.39 is 0 Å². The van der Waals surface area contributed by atoms with E-state index in [2.05, 4.69) is 26.8 Å². The lowest BCUT2D eigenvalue weighted by atomic mass is 9.92. The first kappa shape index (κ1) is 9.70. The first-order chi connectivity index (χ1) is 6.68. The fraction of sp³-hybridized carbons (Fsp3) is 0.615. The summed E-state index contributed by atoms with van der Waals surface area (Å²) in [7, 11) is 0. The zero-order valence-electron chi connectivity index (χ0n) is 9.43. The lowest BCUT2D eigenvalue weighted by Gasteiger charge is -2.18. The fourth-order valence-corrected chi connectivity index (χ4v) is 2.35. The molecule has 0 saturated carbocycles. The van der Waals surface area contributed by atoms with Crippen molar-refractivity contribution in [3.8, 4) is 0 Å². The van der Waals surface area contributed by atoms with Crippen LogP contribution in [0.4, 0.5) is 0 Å². The third-order valence-electron chi connectivity index (χ3n) is 3.08. The molecule has 1 aliphatic carbocycles. The van der Waals surface area contributed by atoms with Gasteiger partial charge in [-0.05, 0) is 49.7 Å². The van der Waals surface area contributed by atoms with Crippen molar-refractivity contribution in [3.63, 3.8) is 0 Å². The standard InChI is InChI=1S/C13H19N/c1-9(2)13-10(3)8-11-6-4-5-7-12(11)14-13/h8-9H,4-7H2,1-3H3. The van der Waals surface area contributed by atoms with Gasteiger partial charge in [0.15, 0.2) is 0 Å². The highest BCUT2D eigenvalue weighted by Crippen LogP contribution is 2.25. The van der Waals surface area contributed by atoms with Crippen LogP contribution in [0.1, 0.15) is 55.1 Å². The largest absolute Gasteiger partial charge is 0.257 e. The summed E-state index contributed by atoms with van der Waals surface area (Å²) in [6.07, 6.45) is 5.09. The Morgan fingerprint density at radius 1 is 1.21 bits per heavy atom. The van der Waals surface area contributed by atoms with Crippen LogP contribution in [0.3, 0.4) is 0 Å². The van der Waals surface area contributed by atoms with Crippen LogP contribution in [0.25, 0.3) is 0 Å². The number of hydrogen-bond acceptors (Lipinski definition) is 1. The van der Waals surface area contributed by atoms with E-state index in [9.17, 15) is 0 Å². The fourth-order valence-electron chi connectivity index (χ4n) is 2.35.